The van der Waals surface area contributed by atoms with Gasteiger partial charge in [0.25, 0.3) is 0 Å². The minimum Gasteiger partial charge on any atom is -0.436 e. The maximum absolute atomic E-state index is 12.0. The van der Waals surface area contributed by atoms with E-state index in [0.717, 1.165) is 17.8 Å². The molecule has 1 saturated heterocycles. The van der Waals surface area contributed by atoms with Crippen molar-refractivity contribution < 1.29 is 9.21 Å². The van der Waals surface area contributed by atoms with Gasteiger partial charge in [0, 0.05) is 25.0 Å². The number of anilines is 2. The highest BCUT2D eigenvalue weighted by Gasteiger charge is 2.20. The second-order valence-corrected chi connectivity index (χ2v) is 5.36. The highest BCUT2D eigenvalue weighted by atomic mass is 16.3. The Balaban J connectivity index is 1.72. The standard InChI is InChI=1S/C16H15N5O2/c17-14-4-1-10(8-19-14)16-20-12-7-11(2-3-13(12)23-16)21-6-5-18-9-15(21)22/h1-4,7-8,18H,5-6,9H2,(H2,17,19). The minimum atomic E-state index is 0.0575. The third-order valence-corrected chi connectivity index (χ3v) is 3.81. The van der Waals surface area contributed by atoms with Gasteiger partial charge in [-0.15, -0.1) is 0 Å². The molecular weight excluding hydrogens is 294 g/mol. The van der Waals surface area contributed by atoms with Gasteiger partial charge in [0.05, 0.1) is 12.1 Å². The number of hydrogen-bond acceptors (Lipinski definition) is 6. The largest absolute Gasteiger partial charge is 0.436 e. The molecule has 1 aromatic carbocycles. The summed E-state index contributed by atoms with van der Waals surface area (Å²) >= 11 is 0. The molecule has 4 rings (SSSR count). The average molecular weight is 309 g/mol. The van der Waals surface area contributed by atoms with E-state index in [2.05, 4.69) is 15.3 Å². The van der Waals surface area contributed by atoms with Gasteiger partial charge in [0.15, 0.2) is 5.58 Å². The monoisotopic (exact) mass is 309 g/mol. The van der Waals surface area contributed by atoms with Crippen LogP contribution in [0.5, 0.6) is 0 Å². The molecule has 116 valence electrons. The first-order valence-electron chi connectivity index (χ1n) is 7.34. The van der Waals surface area contributed by atoms with Gasteiger partial charge in [0.2, 0.25) is 11.8 Å². The van der Waals surface area contributed by atoms with Crippen LogP contribution in [-0.2, 0) is 4.79 Å². The van der Waals surface area contributed by atoms with E-state index in [9.17, 15) is 4.79 Å². The Morgan fingerprint density at radius 3 is 2.96 bits per heavy atom. The number of amides is 1. The third kappa shape index (κ3) is 2.51. The van der Waals surface area contributed by atoms with E-state index in [1.807, 2.05) is 24.3 Å². The molecule has 1 aliphatic rings. The Kier molecular flexibility index (Phi) is 3.20. The van der Waals surface area contributed by atoms with Crippen molar-refractivity contribution >= 4 is 28.5 Å². The number of benzene rings is 1. The fraction of sp³-hybridized carbons (Fsp3) is 0.188. The normalized spacial score (nSPS) is 15.3. The molecule has 0 bridgehead atoms. The van der Waals surface area contributed by atoms with Crippen molar-refractivity contribution in [3.8, 4) is 11.5 Å². The molecule has 3 N–H and O–H groups in total. The lowest BCUT2D eigenvalue weighted by Crippen LogP contribution is -2.48. The lowest BCUT2D eigenvalue weighted by atomic mass is 10.2. The van der Waals surface area contributed by atoms with Crippen LogP contribution < -0.4 is 16.0 Å². The van der Waals surface area contributed by atoms with Crippen LogP contribution >= 0.6 is 0 Å². The van der Waals surface area contributed by atoms with Gasteiger partial charge in [0.1, 0.15) is 11.3 Å². The zero-order valence-corrected chi connectivity index (χ0v) is 12.3. The zero-order chi connectivity index (χ0) is 15.8. The van der Waals surface area contributed by atoms with Crippen LogP contribution in [0.15, 0.2) is 40.9 Å². The number of pyridine rings is 1. The topological polar surface area (TPSA) is 97.3 Å². The summed E-state index contributed by atoms with van der Waals surface area (Å²) in [6.45, 7) is 1.79. The predicted octanol–water partition coefficient (Wildman–Crippen LogP) is 1.41. The van der Waals surface area contributed by atoms with Crippen molar-refractivity contribution in [2.75, 3.05) is 30.3 Å². The molecule has 1 fully saturated rings. The lowest BCUT2D eigenvalue weighted by molar-refractivity contribution is -0.118. The lowest BCUT2D eigenvalue weighted by Gasteiger charge is -2.27. The Hall–Kier alpha value is -2.93. The first-order chi connectivity index (χ1) is 11.2. The Labute approximate surface area is 132 Å². The van der Waals surface area contributed by atoms with Crippen molar-refractivity contribution in [2.24, 2.45) is 0 Å². The molecule has 1 amide bonds. The van der Waals surface area contributed by atoms with Crippen LogP contribution in [0.3, 0.4) is 0 Å². The molecule has 1 aliphatic heterocycles. The number of nitrogen functional groups attached to an aromatic ring is 1. The number of nitrogens with two attached hydrogens (primary N) is 1. The fourth-order valence-electron chi connectivity index (χ4n) is 2.62. The first-order valence-corrected chi connectivity index (χ1v) is 7.34. The van der Waals surface area contributed by atoms with Crippen molar-refractivity contribution in [3.63, 3.8) is 0 Å². The number of carbonyl (C=O) groups is 1. The summed E-state index contributed by atoms with van der Waals surface area (Å²) in [4.78, 5) is 22.3. The third-order valence-electron chi connectivity index (χ3n) is 3.81. The number of piperazine rings is 1. The number of rotatable bonds is 2. The summed E-state index contributed by atoms with van der Waals surface area (Å²) in [5.41, 5.74) is 8.56. The first kappa shape index (κ1) is 13.7. The van der Waals surface area contributed by atoms with E-state index >= 15 is 0 Å². The maximum atomic E-state index is 12.0. The second kappa shape index (κ2) is 5.36. The molecule has 0 spiro atoms. The van der Waals surface area contributed by atoms with Gasteiger partial charge in [-0.3, -0.25) is 4.79 Å². The smallest absolute Gasteiger partial charge is 0.240 e. The maximum Gasteiger partial charge on any atom is 0.240 e. The Bertz CT molecular complexity index is 872. The average Bonchev–Trinajstić information content (AvgIpc) is 2.99. The number of nitrogens with one attached hydrogen (secondary N) is 1. The summed E-state index contributed by atoms with van der Waals surface area (Å²) in [7, 11) is 0. The molecule has 7 nitrogen and oxygen atoms in total. The van der Waals surface area contributed by atoms with Crippen LogP contribution in [0.4, 0.5) is 11.5 Å². The quantitative estimate of drug-likeness (QED) is 0.743. The molecule has 7 heteroatoms. The Morgan fingerprint density at radius 1 is 1.26 bits per heavy atom. The SMILES string of the molecule is Nc1ccc(-c2nc3cc(N4CCNCC4=O)ccc3o2)cn1. The summed E-state index contributed by atoms with van der Waals surface area (Å²) < 4.78 is 5.76. The van der Waals surface area contributed by atoms with Gasteiger partial charge in [-0.05, 0) is 30.3 Å². The number of oxazole rings is 1. The fourth-order valence-corrected chi connectivity index (χ4v) is 2.62. The summed E-state index contributed by atoms with van der Waals surface area (Å²) in [5, 5.41) is 3.06. The number of nitrogens with zero attached hydrogens (tertiary/aromatic N) is 3. The minimum absolute atomic E-state index is 0.0575. The number of fused-ring (bicyclic) bond motifs is 1. The molecule has 0 saturated carbocycles. The summed E-state index contributed by atoms with van der Waals surface area (Å²) in [6.07, 6.45) is 1.63. The molecule has 23 heavy (non-hydrogen) atoms. The van der Waals surface area contributed by atoms with Gasteiger partial charge < -0.3 is 20.4 Å². The number of hydrogen-bond donors (Lipinski definition) is 2. The van der Waals surface area contributed by atoms with Crippen molar-refractivity contribution in [2.45, 2.75) is 0 Å². The molecule has 0 radical (unpaired) electrons. The van der Waals surface area contributed by atoms with Crippen molar-refractivity contribution in [1.29, 1.82) is 0 Å². The van der Waals surface area contributed by atoms with E-state index in [4.69, 9.17) is 10.2 Å². The summed E-state index contributed by atoms with van der Waals surface area (Å²) in [5.74, 6) is 0.989. The highest BCUT2D eigenvalue weighted by molar-refractivity contribution is 5.97. The predicted molar refractivity (Wildman–Crippen MR) is 86.9 cm³/mol. The molecule has 3 heterocycles. The van der Waals surface area contributed by atoms with E-state index < -0.39 is 0 Å². The van der Waals surface area contributed by atoms with Gasteiger partial charge >= 0.3 is 0 Å². The molecule has 0 unspecified atom stereocenters. The van der Waals surface area contributed by atoms with E-state index in [1.165, 1.54) is 0 Å². The van der Waals surface area contributed by atoms with Crippen LogP contribution in [-0.4, -0.2) is 35.5 Å². The zero-order valence-electron chi connectivity index (χ0n) is 12.3. The van der Waals surface area contributed by atoms with Crippen LogP contribution in [0.1, 0.15) is 0 Å². The second-order valence-electron chi connectivity index (χ2n) is 5.36. The Morgan fingerprint density at radius 2 is 2.17 bits per heavy atom. The molecule has 3 aromatic rings. The van der Waals surface area contributed by atoms with Gasteiger partial charge in [-0.25, -0.2) is 9.97 Å². The highest BCUT2D eigenvalue weighted by Crippen LogP contribution is 2.27. The molecule has 0 atom stereocenters. The van der Waals surface area contributed by atoms with Crippen molar-refractivity contribution in [1.82, 2.24) is 15.3 Å². The molecule has 2 aromatic heterocycles. The molecule has 0 aliphatic carbocycles. The summed E-state index contributed by atoms with van der Waals surface area (Å²) in [6, 6.07) is 9.10. The van der Waals surface area contributed by atoms with Crippen LogP contribution in [0.25, 0.3) is 22.6 Å². The van der Waals surface area contributed by atoms with Gasteiger partial charge in [-0.1, -0.05) is 0 Å². The van der Waals surface area contributed by atoms with E-state index in [-0.39, 0.29) is 5.91 Å². The van der Waals surface area contributed by atoms with E-state index in [0.29, 0.717) is 35.9 Å². The van der Waals surface area contributed by atoms with E-state index in [1.54, 1.807) is 17.2 Å². The van der Waals surface area contributed by atoms with Crippen LogP contribution in [0, 0.1) is 0 Å². The van der Waals surface area contributed by atoms with Gasteiger partial charge in [-0.2, -0.15) is 0 Å². The number of carbonyl (C=O) groups excluding carboxylic acids is 1. The molecular formula is C16H15N5O2. The number of aromatic nitrogens is 2. The van der Waals surface area contributed by atoms with Crippen molar-refractivity contribution in [3.05, 3.63) is 36.5 Å². The van der Waals surface area contributed by atoms with Crippen LogP contribution in [0.2, 0.25) is 0 Å².